The molecule has 0 bridgehead atoms. The molecule has 0 aliphatic carbocycles. The molecule has 1 N–H and O–H groups in total. The van der Waals surface area contributed by atoms with Crippen molar-refractivity contribution >= 4 is 5.97 Å². The monoisotopic (exact) mass is 238 g/mol. The molecule has 0 amide bonds. The highest BCUT2D eigenvalue weighted by Gasteiger charge is 2.29. The fraction of sp³-hybridized carbons (Fsp3) is 0.308. The van der Waals surface area contributed by atoms with Gasteiger partial charge in [-0.1, -0.05) is 12.1 Å². The molecule has 0 aromatic heterocycles. The summed E-state index contributed by atoms with van der Waals surface area (Å²) in [7, 11) is 1.38. The SMILES string of the molecule is C=CC(C)(Cc1ccc(OC)c(F)c1)C(=O)O. The van der Waals surface area contributed by atoms with Crippen molar-refractivity contribution < 1.29 is 19.0 Å². The minimum Gasteiger partial charge on any atom is -0.494 e. The minimum atomic E-state index is -1.10. The van der Waals surface area contributed by atoms with E-state index in [9.17, 15) is 9.18 Å². The first-order valence-corrected chi connectivity index (χ1v) is 5.12. The molecule has 0 aliphatic rings. The molecule has 1 atom stereocenters. The molecule has 3 nitrogen and oxygen atoms in total. The van der Waals surface area contributed by atoms with Crippen LogP contribution < -0.4 is 4.74 Å². The van der Waals surface area contributed by atoms with Crippen molar-refractivity contribution in [2.75, 3.05) is 7.11 Å². The van der Waals surface area contributed by atoms with Gasteiger partial charge in [0.15, 0.2) is 11.6 Å². The highest BCUT2D eigenvalue weighted by molar-refractivity contribution is 5.76. The first-order valence-electron chi connectivity index (χ1n) is 5.12. The van der Waals surface area contributed by atoms with Crippen molar-refractivity contribution in [1.82, 2.24) is 0 Å². The minimum absolute atomic E-state index is 0.143. The summed E-state index contributed by atoms with van der Waals surface area (Å²) in [4.78, 5) is 11.1. The summed E-state index contributed by atoms with van der Waals surface area (Å²) in [5.74, 6) is -1.34. The predicted octanol–water partition coefficient (Wildman–Crippen LogP) is 2.65. The van der Waals surface area contributed by atoms with Gasteiger partial charge in [0.25, 0.3) is 0 Å². The summed E-state index contributed by atoms with van der Waals surface area (Å²) < 4.78 is 18.2. The number of hydrogen-bond acceptors (Lipinski definition) is 2. The zero-order valence-corrected chi connectivity index (χ0v) is 9.87. The Morgan fingerprint density at radius 2 is 2.29 bits per heavy atom. The topological polar surface area (TPSA) is 46.5 Å². The van der Waals surface area contributed by atoms with Crippen LogP contribution in [0.4, 0.5) is 4.39 Å². The Hall–Kier alpha value is -1.84. The predicted molar refractivity (Wildman–Crippen MR) is 62.6 cm³/mol. The normalized spacial score (nSPS) is 13.8. The number of rotatable bonds is 5. The maximum Gasteiger partial charge on any atom is 0.313 e. The Balaban J connectivity index is 2.99. The number of methoxy groups -OCH3 is 1. The van der Waals surface area contributed by atoms with E-state index in [1.165, 1.54) is 25.3 Å². The van der Waals surface area contributed by atoms with Gasteiger partial charge in [0.05, 0.1) is 12.5 Å². The summed E-state index contributed by atoms with van der Waals surface area (Å²) in [5, 5.41) is 9.07. The third-order valence-corrected chi connectivity index (χ3v) is 2.73. The summed E-state index contributed by atoms with van der Waals surface area (Å²) in [6, 6.07) is 4.41. The molecule has 0 fully saturated rings. The lowest BCUT2D eigenvalue weighted by Gasteiger charge is -2.20. The van der Waals surface area contributed by atoms with E-state index in [-0.39, 0.29) is 12.2 Å². The van der Waals surface area contributed by atoms with Gasteiger partial charge in [-0.25, -0.2) is 4.39 Å². The van der Waals surface area contributed by atoms with Gasteiger partial charge in [-0.2, -0.15) is 0 Å². The molecule has 0 saturated carbocycles. The quantitative estimate of drug-likeness (QED) is 0.802. The zero-order chi connectivity index (χ0) is 13.1. The number of halogens is 1. The summed E-state index contributed by atoms with van der Waals surface area (Å²) in [6.45, 7) is 5.05. The Labute approximate surface area is 99.5 Å². The maximum atomic E-state index is 13.4. The van der Waals surface area contributed by atoms with Crippen LogP contribution in [0, 0.1) is 11.2 Å². The third-order valence-electron chi connectivity index (χ3n) is 2.73. The third kappa shape index (κ3) is 2.84. The van der Waals surface area contributed by atoms with Gasteiger partial charge in [0, 0.05) is 0 Å². The largest absolute Gasteiger partial charge is 0.494 e. The van der Waals surface area contributed by atoms with E-state index >= 15 is 0 Å². The number of aliphatic carboxylic acids is 1. The number of ether oxygens (including phenoxy) is 1. The van der Waals surface area contributed by atoms with Gasteiger partial charge in [-0.3, -0.25) is 4.79 Å². The number of carbonyl (C=O) groups is 1. The maximum absolute atomic E-state index is 13.4. The number of benzene rings is 1. The van der Waals surface area contributed by atoms with Crippen LogP contribution in [0.3, 0.4) is 0 Å². The molecule has 0 saturated heterocycles. The van der Waals surface area contributed by atoms with E-state index in [4.69, 9.17) is 9.84 Å². The van der Waals surface area contributed by atoms with Crippen molar-refractivity contribution in [3.63, 3.8) is 0 Å². The van der Waals surface area contributed by atoms with E-state index in [1.54, 1.807) is 13.0 Å². The van der Waals surface area contributed by atoms with Crippen molar-refractivity contribution in [2.24, 2.45) is 5.41 Å². The highest BCUT2D eigenvalue weighted by atomic mass is 19.1. The molecular weight excluding hydrogens is 223 g/mol. The second-order valence-electron chi connectivity index (χ2n) is 4.07. The molecule has 1 aromatic carbocycles. The molecule has 92 valence electrons. The van der Waals surface area contributed by atoms with E-state index in [0.29, 0.717) is 5.56 Å². The van der Waals surface area contributed by atoms with Crippen molar-refractivity contribution in [3.8, 4) is 5.75 Å². The molecule has 17 heavy (non-hydrogen) atoms. The van der Waals surface area contributed by atoms with Crippen molar-refractivity contribution in [3.05, 3.63) is 42.2 Å². The number of carboxylic acid groups (broad SMARTS) is 1. The van der Waals surface area contributed by atoms with Gasteiger partial charge in [-0.05, 0) is 31.0 Å². The van der Waals surface area contributed by atoms with Crippen molar-refractivity contribution in [2.45, 2.75) is 13.3 Å². The number of hydrogen-bond donors (Lipinski definition) is 1. The first kappa shape index (κ1) is 13.2. The van der Waals surface area contributed by atoms with Crippen LogP contribution in [0.5, 0.6) is 5.75 Å². The molecule has 1 unspecified atom stereocenters. The molecule has 1 rings (SSSR count). The first-order chi connectivity index (χ1) is 7.92. The van der Waals surface area contributed by atoms with Crippen LogP contribution in [0.25, 0.3) is 0 Å². The molecular formula is C13H15FO3. The van der Waals surface area contributed by atoms with Crippen LogP contribution in [0.1, 0.15) is 12.5 Å². The average molecular weight is 238 g/mol. The molecule has 0 aliphatic heterocycles. The summed E-state index contributed by atoms with van der Waals surface area (Å²) in [5.41, 5.74) is -0.505. The Bertz CT molecular complexity index is 442. The average Bonchev–Trinajstić information content (AvgIpc) is 2.29. The van der Waals surface area contributed by atoms with Crippen LogP contribution in [-0.2, 0) is 11.2 Å². The lowest BCUT2D eigenvalue weighted by Crippen LogP contribution is -2.27. The second-order valence-corrected chi connectivity index (χ2v) is 4.07. The van der Waals surface area contributed by atoms with E-state index in [2.05, 4.69) is 6.58 Å². The second kappa shape index (κ2) is 4.99. The van der Waals surface area contributed by atoms with Gasteiger partial charge >= 0.3 is 5.97 Å². The molecule has 4 heteroatoms. The highest BCUT2D eigenvalue weighted by Crippen LogP contribution is 2.26. The van der Waals surface area contributed by atoms with Crippen LogP contribution >= 0.6 is 0 Å². The van der Waals surface area contributed by atoms with Crippen LogP contribution in [-0.4, -0.2) is 18.2 Å². The standard InChI is InChI=1S/C13H15FO3/c1-4-13(2,12(15)16)8-9-5-6-11(17-3)10(14)7-9/h4-7H,1,8H2,2-3H3,(H,15,16). The van der Waals surface area contributed by atoms with E-state index in [0.717, 1.165) is 0 Å². The lowest BCUT2D eigenvalue weighted by atomic mass is 9.84. The van der Waals surface area contributed by atoms with Crippen LogP contribution in [0.2, 0.25) is 0 Å². The van der Waals surface area contributed by atoms with Gasteiger partial charge in [-0.15, -0.1) is 6.58 Å². The fourth-order valence-corrected chi connectivity index (χ4v) is 1.48. The fourth-order valence-electron chi connectivity index (χ4n) is 1.48. The molecule has 0 radical (unpaired) electrons. The number of carboxylic acids is 1. The van der Waals surface area contributed by atoms with Gasteiger partial charge < -0.3 is 9.84 Å². The molecule has 0 heterocycles. The summed E-state index contributed by atoms with van der Waals surface area (Å²) >= 11 is 0. The van der Waals surface area contributed by atoms with E-state index < -0.39 is 17.2 Å². The van der Waals surface area contributed by atoms with Crippen LogP contribution in [0.15, 0.2) is 30.9 Å². The Morgan fingerprint density at radius 1 is 1.65 bits per heavy atom. The summed E-state index contributed by atoms with van der Waals surface area (Å²) in [6.07, 6.45) is 1.55. The Morgan fingerprint density at radius 3 is 2.71 bits per heavy atom. The Kier molecular flexibility index (Phi) is 3.89. The smallest absolute Gasteiger partial charge is 0.313 e. The van der Waals surface area contributed by atoms with Gasteiger partial charge in [0.2, 0.25) is 0 Å². The zero-order valence-electron chi connectivity index (χ0n) is 9.87. The van der Waals surface area contributed by atoms with Crippen molar-refractivity contribution in [1.29, 1.82) is 0 Å². The lowest BCUT2D eigenvalue weighted by molar-refractivity contribution is -0.145. The van der Waals surface area contributed by atoms with E-state index in [1.807, 2.05) is 0 Å². The van der Waals surface area contributed by atoms with Gasteiger partial charge in [0.1, 0.15) is 0 Å². The molecule has 0 spiro atoms. The molecule has 1 aromatic rings.